The fourth-order valence-corrected chi connectivity index (χ4v) is 2.74. The number of rotatable bonds is 7. The van der Waals surface area contributed by atoms with Crippen molar-refractivity contribution in [3.05, 3.63) is 61.2 Å². The molecule has 0 aliphatic rings. The minimum atomic E-state index is -4.69. The summed E-state index contributed by atoms with van der Waals surface area (Å²) in [6, 6.07) is 6.97. The summed E-state index contributed by atoms with van der Waals surface area (Å²) in [6.45, 7) is -0.251. The molecule has 29 heavy (non-hydrogen) atoms. The average molecular weight is 523 g/mol. The molecule has 0 aliphatic heterocycles. The zero-order valence-electron chi connectivity index (χ0n) is 14.7. The van der Waals surface area contributed by atoms with E-state index < -0.39 is 28.3 Å². The summed E-state index contributed by atoms with van der Waals surface area (Å²) in [7, 11) is 1.24. The Hall–Kier alpha value is -2.90. The number of carbonyl (C=O) groups is 1. The number of hydrogen-bond acceptors (Lipinski definition) is 7. The van der Waals surface area contributed by atoms with Gasteiger partial charge in [0, 0.05) is 6.07 Å². The van der Waals surface area contributed by atoms with Gasteiger partial charge >= 0.3 is 12.1 Å². The van der Waals surface area contributed by atoms with E-state index in [1.807, 2.05) is 22.6 Å². The van der Waals surface area contributed by atoms with Crippen LogP contribution >= 0.6 is 22.6 Å². The van der Waals surface area contributed by atoms with Crippen molar-refractivity contribution in [2.24, 2.45) is 5.10 Å². The Morgan fingerprint density at radius 3 is 2.62 bits per heavy atom. The standard InChI is InChI=1S/C17H13F3IN3O5/c1-28-16(25)9-29-15-5-2-10(6-12(15)21)8-22-23-13-4-3-11(17(18,19)20)7-14(13)24(26)27/h2-8,23H,9H2,1H3/b22-8-. The minimum absolute atomic E-state index is 0.188. The Kier molecular flexibility index (Phi) is 7.36. The van der Waals surface area contributed by atoms with Gasteiger partial charge in [-0.05, 0) is 58.5 Å². The van der Waals surface area contributed by atoms with Crippen LogP contribution in [0.25, 0.3) is 0 Å². The number of esters is 1. The first-order chi connectivity index (χ1) is 13.6. The number of ether oxygens (including phenoxy) is 2. The van der Waals surface area contributed by atoms with Gasteiger partial charge in [-0.2, -0.15) is 18.3 Å². The van der Waals surface area contributed by atoms with E-state index in [-0.39, 0.29) is 12.3 Å². The van der Waals surface area contributed by atoms with E-state index in [9.17, 15) is 28.1 Å². The molecule has 2 rings (SSSR count). The van der Waals surface area contributed by atoms with Crippen molar-refractivity contribution in [2.75, 3.05) is 19.1 Å². The largest absolute Gasteiger partial charge is 0.481 e. The Morgan fingerprint density at radius 2 is 2.03 bits per heavy atom. The number of nitrogens with one attached hydrogen (secondary N) is 1. The van der Waals surface area contributed by atoms with Gasteiger partial charge in [-0.15, -0.1) is 0 Å². The maximum absolute atomic E-state index is 12.7. The van der Waals surface area contributed by atoms with Crippen molar-refractivity contribution in [1.82, 2.24) is 0 Å². The van der Waals surface area contributed by atoms with Crippen LogP contribution in [-0.2, 0) is 15.7 Å². The quantitative estimate of drug-likeness (QED) is 0.192. The van der Waals surface area contributed by atoms with Crippen LogP contribution in [0.15, 0.2) is 41.5 Å². The Balaban J connectivity index is 2.12. The zero-order valence-corrected chi connectivity index (χ0v) is 16.9. The van der Waals surface area contributed by atoms with E-state index in [1.165, 1.54) is 13.3 Å². The smallest absolute Gasteiger partial charge is 0.416 e. The van der Waals surface area contributed by atoms with Gasteiger partial charge < -0.3 is 9.47 Å². The molecular weight excluding hydrogens is 510 g/mol. The first kappa shape index (κ1) is 22.4. The maximum atomic E-state index is 12.7. The molecule has 0 amide bonds. The number of alkyl halides is 3. The predicted molar refractivity (Wildman–Crippen MR) is 106 cm³/mol. The number of halogens is 4. The lowest BCUT2D eigenvalue weighted by Crippen LogP contribution is -2.13. The third kappa shape index (κ3) is 6.30. The molecule has 2 aromatic carbocycles. The average Bonchev–Trinajstić information content (AvgIpc) is 2.66. The summed E-state index contributed by atoms with van der Waals surface area (Å²) in [5, 5.41) is 14.9. The summed E-state index contributed by atoms with van der Waals surface area (Å²) in [5.41, 5.74) is 0.886. The second-order valence-electron chi connectivity index (χ2n) is 5.41. The van der Waals surface area contributed by atoms with Gasteiger partial charge in [0.15, 0.2) is 6.61 Å². The molecule has 154 valence electrons. The number of hydrazone groups is 1. The van der Waals surface area contributed by atoms with Crippen molar-refractivity contribution in [3.63, 3.8) is 0 Å². The van der Waals surface area contributed by atoms with Gasteiger partial charge in [0.2, 0.25) is 0 Å². The van der Waals surface area contributed by atoms with Crippen molar-refractivity contribution in [1.29, 1.82) is 0 Å². The number of carbonyl (C=O) groups excluding carboxylic acids is 1. The number of anilines is 1. The van der Waals surface area contributed by atoms with Crippen molar-refractivity contribution in [2.45, 2.75) is 6.18 Å². The van der Waals surface area contributed by atoms with Crippen LogP contribution in [0.3, 0.4) is 0 Å². The number of methoxy groups -OCH3 is 1. The van der Waals surface area contributed by atoms with Crippen LogP contribution < -0.4 is 10.2 Å². The second-order valence-corrected chi connectivity index (χ2v) is 6.57. The van der Waals surface area contributed by atoms with E-state index >= 15 is 0 Å². The molecule has 0 bridgehead atoms. The van der Waals surface area contributed by atoms with E-state index in [2.05, 4.69) is 15.3 Å². The van der Waals surface area contributed by atoms with E-state index in [0.29, 0.717) is 20.9 Å². The van der Waals surface area contributed by atoms with Gasteiger partial charge in [-0.25, -0.2) is 4.79 Å². The lowest BCUT2D eigenvalue weighted by molar-refractivity contribution is -0.384. The molecule has 0 fully saturated rings. The maximum Gasteiger partial charge on any atom is 0.416 e. The zero-order chi connectivity index (χ0) is 21.6. The number of benzene rings is 2. The van der Waals surface area contributed by atoms with Gasteiger partial charge in [0.1, 0.15) is 11.4 Å². The summed E-state index contributed by atoms with van der Waals surface area (Å²) in [4.78, 5) is 21.2. The summed E-state index contributed by atoms with van der Waals surface area (Å²) in [5.74, 6) is -0.0896. The highest BCUT2D eigenvalue weighted by molar-refractivity contribution is 14.1. The molecule has 8 nitrogen and oxygen atoms in total. The molecule has 0 saturated heterocycles. The van der Waals surface area contributed by atoms with Crippen LogP contribution in [0.2, 0.25) is 0 Å². The highest BCUT2D eigenvalue weighted by Gasteiger charge is 2.33. The highest BCUT2D eigenvalue weighted by atomic mass is 127. The third-order valence-electron chi connectivity index (χ3n) is 3.45. The number of hydrogen-bond donors (Lipinski definition) is 1. The Morgan fingerprint density at radius 1 is 1.31 bits per heavy atom. The van der Waals surface area contributed by atoms with Gasteiger partial charge in [-0.1, -0.05) is 0 Å². The SMILES string of the molecule is COC(=O)COc1ccc(/C=N\Nc2ccc(C(F)(F)F)cc2[N+](=O)[O-])cc1I. The van der Waals surface area contributed by atoms with Crippen molar-refractivity contribution >= 4 is 46.1 Å². The normalized spacial score (nSPS) is 11.3. The topological polar surface area (TPSA) is 103 Å². The summed E-state index contributed by atoms with van der Waals surface area (Å²) in [6.07, 6.45) is -3.37. The number of nitro benzene ring substituents is 1. The molecule has 0 atom stereocenters. The number of nitro groups is 1. The molecule has 0 unspecified atom stereocenters. The summed E-state index contributed by atoms with van der Waals surface area (Å²) < 4.78 is 48.6. The van der Waals surface area contributed by atoms with Crippen LogP contribution in [0.1, 0.15) is 11.1 Å². The van der Waals surface area contributed by atoms with Crippen molar-refractivity contribution < 1.29 is 32.4 Å². The third-order valence-corrected chi connectivity index (χ3v) is 4.29. The fraction of sp³-hybridized carbons (Fsp3) is 0.176. The number of nitrogens with zero attached hydrogens (tertiary/aromatic N) is 2. The van der Waals surface area contributed by atoms with Crippen LogP contribution in [0.5, 0.6) is 5.75 Å². The van der Waals surface area contributed by atoms with Crippen molar-refractivity contribution in [3.8, 4) is 5.75 Å². The molecule has 2 aromatic rings. The first-order valence-electron chi connectivity index (χ1n) is 7.75. The molecule has 0 aromatic heterocycles. The monoisotopic (exact) mass is 523 g/mol. The van der Waals surface area contributed by atoms with Gasteiger partial charge in [0.25, 0.3) is 5.69 Å². The summed E-state index contributed by atoms with van der Waals surface area (Å²) >= 11 is 1.98. The molecule has 0 saturated carbocycles. The van der Waals surface area contributed by atoms with E-state index in [4.69, 9.17) is 4.74 Å². The Bertz CT molecular complexity index is 950. The van der Waals surface area contributed by atoms with Gasteiger partial charge in [0.05, 0.1) is 27.4 Å². The predicted octanol–water partition coefficient (Wildman–Crippen LogP) is 4.22. The molecule has 0 aliphatic carbocycles. The second kappa shape index (κ2) is 9.54. The molecule has 0 radical (unpaired) electrons. The molecule has 0 spiro atoms. The lowest BCUT2D eigenvalue weighted by atomic mass is 10.1. The Labute approximate surface area is 176 Å². The van der Waals surface area contributed by atoms with Crippen LogP contribution in [0, 0.1) is 13.7 Å². The molecule has 1 N–H and O–H groups in total. The van der Waals surface area contributed by atoms with Crippen LogP contribution in [-0.4, -0.2) is 30.8 Å². The molecule has 12 heteroatoms. The van der Waals surface area contributed by atoms with E-state index in [0.717, 1.165) is 12.1 Å². The van der Waals surface area contributed by atoms with E-state index in [1.54, 1.807) is 18.2 Å². The minimum Gasteiger partial charge on any atom is -0.481 e. The van der Waals surface area contributed by atoms with Gasteiger partial charge in [-0.3, -0.25) is 15.5 Å². The van der Waals surface area contributed by atoms with Crippen LogP contribution in [0.4, 0.5) is 24.5 Å². The first-order valence-corrected chi connectivity index (χ1v) is 8.83. The molecule has 0 heterocycles. The fourth-order valence-electron chi connectivity index (χ4n) is 2.04. The lowest BCUT2D eigenvalue weighted by Gasteiger charge is -2.08. The highest BCUT2D eigenvalue weighted by Crippen LogP contribution is 2.35. The molecular formula is C17H13F3IN3O5.